The summed E-state index contributed by atoms with van der Waals surface area (Å²) in [4.78, 5) is 22.5. The summed E-state index contributed by atoms with van der Waals surface area (Å²) in [6.45, 7) is 1.42. The smallest absolute Gasteiger partial charge is 0.416 e. The fourth-order valence-corrected chi connectivity index (χ4v) is 1.35. The number of hydrogen-bond donors (Lipinski definition) is 2. The summed E-state index contributed by atoms with van der Waals surface area (Å²) < 4.78 is 42.2. The van der Waals surface area contributed by atoms with E-state index in [4.69, 9.17) is 9.84 Å². The number of carboxylic acid groups (broad SMARTS) is 1. The zero-order valence-electron chi connectivity index (χ0n) is 10.6. The van der Waals surface area contributed by atoms with Crippen molar-refractivity contribution in [2.24, 2.45) is 0 Å². The lowest BCUT2D eigenvalue weighted by Gasteiger charge is -2.14. The molecule has 0 bridgehead atoms. The maximum Gasteiger partial charge on any atom is 0.416 e. The van der Waals surface area contributed by atoms with Gasteiger partial charge < -0.3 is 15.2 Å². The van der Waals surface area contributed by atoms with Gasteiger partial charge in [0.25, 0.3) is 5.91 Å². The number of halogens is 3. The number of hydrogen-bond acceptors (Lipinski definition) is 3. The fourth-order valence-electron chi connectivity index (χ4n) is 1.35. The van der Waals surface area contributed by atoms with Crippen molar-refractivity contribution in [3.63, 3.8) is 0 Å². The van der Waals surface area contributed by atoms with Gasteiger partial charge in [-0.3, -0.25) is 4.79 Å². The number of nitrogens with one attached hydrogen (secondary N) is 1. The van der Waals surface area contributed by atoms with E-state index >= 15 is 0 Å². The summed E-state index contributed by atoms with van der Waals surface area (Å²) in [5.74, 6) is -2.23. The molecule has 0 fully saturated rings. The lowest BCUT2D eigenvalue weighted by molar-refractivity contribution is -0.137. The molecule has 1 rings (SSSR count). The van der Waals surface area contributed by atoms with E-state index in [-0.39, 0.29) is 5.69 Å². The van der Waals surface area contributed by atoms with Crippen molar-refractivity contribution in [3.05, 3.63) is 29.3 Å². The molecule has 0 aromatic heterocycles. The van der Waals surface area contributed by atoms with E-state index in [0.717, 1.165) is 6.07 Å². The predicted octanol–water partition coefficient (Wildman–Crippen LogP) is 2.38. The molecule has 0 heterocycles. The van der Waals surface area contributed by atoms with Gasteiger partial charge in [-0.25, -0.2) is 4.79 Å². The molecule has 0 aliphatic carbocycles. The molecule has 0 radical (unpaired) electrons. The van der Waals surface area contributed by atoms with Crippen LogP contribution in [0.2, 0.25) is 0 Å². The number of carbonyl (C=O) groups excluding carboxylic acids is 1. The summed E-state index contributed by atoms with van der Waals surface area (Å²) in [7, 11) is 1.27. The third-order valence-electron chi connectivity index (χ3n) is 2.56. The minimum atomic E-state index is -4.66. The molecule has 1 aromatic carbocycles. The number of amides is 1. The van der Waals surface area contributed by atoms with Crippen molar-refractivity contribution < 1.29 is 32.6 Å². The molecule has 1 atom stereocenters. The van der Waals surface area contributed by atoms with E-state index in [1.54, 1.807) is 0 Å². The highest BCUT2D eigenvalue weighted by molar-refractivity contribution is 6.01. The molecule has 5 nitrogen and oxygen atoms in total. The Morgan fingerprint density at radius 2 is 1.95 bits per heavy atom. The molecular weight excluding hydrogens is 279 g/mol. The lowest BCUT2D eigenvalue weighted by atomic mass is 10.1. The van der Waals surface area contributed by atoms with Gasteiger partial charge in [0.2, 0.25) is 0 Å². The Morgan fingerprint density at radius 3 is 2.40 bits per heavy atom. The van der Waals surface area contributed by atoms with Gasteiger partial charge in [-0.15, -0.1) is 0 Å². The molecule has 0 aliphatic rings. The van der Waals surface area contributed by atoms with E-state index < -0.39 is 35.3 Å². The molecule has 110 valence electrons. The SMILES string of the molecule is COC(C)C(=O)Nc1ccc(C(F)(F)F)cc1C(=O)O. The predicted molar refractivity (Wildman–Crippen MR) is 63.5 cm³/mol. The van der Waals surface area contributed by atoms with Crippen LogP contribution in [0.4, 0.5) is 18.9 Å². The number of carbonyl (C=O) groups is 2. The Kier molecular flexibility index (Phi) is 4.72. The molecule has 1 unspecified atom stereocenters. The lowest BCUT2D eigenvalue weighted by Crippen LogP contribution is -2.27. The van der Waals surface area contributed by atoms with E-state index in [9.17, 15) is 22.8 Å². The van der Waals surface area contributed by atoms with E-state index in [0.29, 0.717) is 12.1 Å². The third-order valence-corrected chi connectivity index (χ3v) is 2.56. The van der Waals surface area contributed by atoms with E-state index in [1.807, 2.05) is 0 Å². The van der Waals surface area contributed by atoms with Gasteiger partial charge in [0.05, 0.1) is 16.8 Å². The van der Waals surface area contributed by atoms with Crippen molar-refractivity contribution in [3.8, 4) is 0 Å². The number of rotatable bonds is 4. The van der Waals surface area contributed by atoms with Crippen molar-refractivity contribution in [1.82, 2.24) is 0 Å². The van der Waals surface area contributed by atoms with Gasteiger partial charge in [-0.1, -0.05) is 0 Å². The molecule has 20 heavy (non-hydrogen) atoms. The van der Waals surface area contributed by atoms with Gasteiger partial charge in [0, 0.05) is 7.11 Å². The van der Waals surface area contributed by atoms with Gasteiger partial charge in [-0.05, 0) is 25.1 Å². The molecule has 0 spiro atoms. The van der Waals surface area contributed by atoms with Crippen LogP contribution in [0.3, 0.4) is 0 Å². The Labute approximate surface area is 112 Å². The second kappa shape index (κ2) is 5.91. The van der Waals surface area contributed by atoms with Gasteiger partial charge >= 0.3 is 12.1 Å². The van der Waals surface area contributed by atoms with Crippen LogP contribution < -0.4 is 5.32 Å². The molecule has 0 saturated heterocycles. The standard InChI is InChI=1S/C12H12F3NO4/c1-6(20-2)10(17)16-9-4-3-7(12(13,14)15)5-8(9)11(18)19/h3-6H,1-2H3,(H,16,17)(H,18,19). The number of ether oxygens (including phenoxy) is 1. The van der Waals surface area contributed by atoms with Gasteiger partial charge in [0.15, 0.2) is 0 Å². The first kappa shape index (κ1) is 16.0. The molecule has 1 aromatic rings. The Balaban J connectivity index is 3.15. The monoisotopic (exact) mass is 291 g/mol. The molecule has 1 amide bonds. The van der Waals surface area contributed by atoms with Crippen molar-refractivity contribution in [2.45, 2.75) is 19.2 Å². The fraction of sp³-hybridized carbons (Fsp3) is 0.333. The first-order chi connectivity index (χ1) is 9.16. The number of methoxy groups -OCH3 is 1. The summed E-state index contributed by atoms with van der Waals surface area (Å²) in [6.07, 6.45) is -5.52. The summed E-state index contributed by atoms with van der Waals surface area (Å²) in [5, 5.41) is 11.1. The molecule has 8 heteroatoms. The summed E-state index contributed by atoms with van der Waals surface area (Å²) >= 11 is 0. The number of benzene rings is 1. The Morgan fingerprint density at radius 1 is 1.35 bits per heavy atom. The molecule has 0 saturated carbocycles. The second-order valence-corrected chi connectivity index (χ2v) is 3.93. The highest BCUT2D eigenvalue weighted by atomic mass is 19.4. The quantitative estimate of drug-likeness (QED) is 0.893. The maximum atomic E-state index is 12.5. The van der Waals surface area contributed by atoms with Crippen LogP contribution >= 0.6 is 0 Å². The summed E-state index contributed by atoms with van der Waals surface area (Å²) in [6, 6.07) is 2.06. The van der Waals surface area contributed by atoms with Gasteiger partial charge in [0.1, 0.15) is 6.10 Å². The normalized spacial score (nSPS) is 12.8. The minimum absolute atomic E-state index is 0.223. The zero-order chi connectivity index (χ0) is 15.5. The van der Waals surface area contributed by atoms with Crippen LogP contribution in [0.15, 0.2) is 18.2 Å². The van der Waals surface area contributed by atoms with Gasteiger partial charge in [-0.2, -0.15) is 13.2 Å². The number of carboxylic acids is 1. The maximum absolute atomic E-state index is 12.5. The van der Waals surface area contributed by atoms with Crippen LogP contribution in [-0.2, 0) is 15.7 Å². The average Bonchev–Trinajstić information content (AvgIpc) is 2.36. The topological polar surface area (TPSA) is 75.6 Å². The van der Waals surface area contributed by atoms with Crippen LogP contribution in [0.5, 0.6) is 0 Å². The second-order valence-electron chi connectivity index (χ2n) is 3.93. The van der Waals surface area contributed by atoms with Crippen LogP contribution in [0.25, 0.3) is 0 Å². The molecule has 2 N–H and O–H groups in total. The highest BCUT2D eigenvalue weighted by Gasteiger charge is 2.32. The van der Waals surface area contributed by atoms with E-state index in [1.165, 1.54) is 14.0 Å². The summed E-state index contributed by atoms with van der Waals surface area (Å²) in [5.41, 5.74) is -1.97. The molecular formula is C12H12F3NO4. The van der Waals surface area contributed by atoms with Crippen molar-refractivity contribution in [2.75, 3.05) is 12.4 Å². The average molecular weight is 291 g/mol. The van der Waals surface area contributed by atoms with Crippen LogP contribution in [0, 0.1) is 0 Å². The minimum Gasteiger partial charge on any atom is -0.478 e. The molecule has 0 aliphatic heterocycles. The van der Waals surface area contributed by atoms with Crippen LogP contribution in [0.1, 0.15) is 22.8 Å². The van der Waals surface area contributed by atoms with Crippen LogP contribution in [-0.4, -0.2) is 30.2 Å². The van der Waals surface area contributed by atoms with Crippen molar-refractivity contribution in [1.29, 1.82) is 0 Å². The first-order valence-electron chi connectivity index (χ1n) is 5.45. The number of anilines is 1. The largest absolute Gasteiger partial charge is 0.478 e. The number of aromatic carboxylic acids is 1. The van der Waals surface area contributed by atoms with E-state index in [2.05, 4.69) is 5.32 Å². The van der Waals surface area contributed by atoms with Crippen molar-refractivity contribution >= 4 is 17.6 Å². The first-order valence-corrected chi connectivity index (χ1v) is 5.45. The third kappa shape index (κ3) is 3.70. The number of alkyl halides is 3. The Bertz CT molecular complexity index is 528. The Hall–Kier alpha value is -2.09. The zero-order valence-corrected chi connectivity index (χ0v) is 10.6. The highest BCUT2D eigenvalue weighted by Crippen LogP contribution is 2.31.